The van der Waals surface area contributed by atoms with Crippen LogP contribution in [-0.4, -0.2) is 23.2 Å². The number of aliphatic imine (C=N–C) groups is 1. The molecule has 0 unspecified atom stereocenters. The molecule has 0 atom stereocenters. The number of thiocarbonyl (C=S) groups is 1. The number of isothiocyanates is 1. The molecule has 1 aromatic rings. The monoisotopic (exact) mass is 240 g/mol. The van der Waals surface area contributed by atoms with Gasteiger partial charge in [0.1, 0.15) is 0 Å². The van der Waals surface area contributed by atoms with E-state index in [0.717, 1.165) is 17.8 Å². The molecule has 0 spiro atoms. The molecule has 0 aliphatic rings. The predicted octanol–water partition coefficient (Wildman–Crippen LogP) is 2.49. The van der Waals surface area contributed by atoms with E-state index in [-0.39, 0.29) is 0 Å². The minimum Gasteiger partial charge on any atom is -0.277 e. The average Bonchev–Trinajstić information content (AvgIpc) is 2.33. The Hall–Kier alpha value is -1.90. The van der Waals surface area contributed by atoms with Gasteiger partial charge in [0.05, 0.1) is 23.9 Å². The average molecular weight is 240 g/mol. The molecular formula is C14H12N2S. The summed E-state index contributed by atoms with van der Waals surface area (Å²) < 4.78 is 0. The molecule has 84 valence electrons. The molecule has 0 heterocycles. The second kappa shape index (κ2) is 7.39. The summed E-state index contributed by atoms with van der Waals surface area (Å²) in [5.41, 5.74) is 1.93. The van der Waals surface area contributed by atoms with Crippen LogP contribution in [0.15, 0.2) is 29.3 Å². The highest BCUT2D eigenvalue weighted by molar-refractivity contribution is 7.78. The van der Waals surface area contributed by atoms with Crippen molar-refractivity contribution in [3.8, 4) is 24.7 Å². The highest BCUT2D eigenvalue weighted by Gasteiger charge is 2.02. The molecule has 0 aromatic heterocycles. The van der Waals surface area contributed by atoms with Crippen LogP contribution in [0.5, 0.6) is 0 Å². The van der Waals surface area contributed by atoms with Crippen molar-refractivity contribution in [1.82, 2.24) is 4.90 Å². The first-order valence-corrected chi connectivity index (χ1v) is 5.47. The van der Waals surface area contributed by atoms with Crippen molar-refractivity contribution in [2.24, 2.45) is 4.99 Å². The summed E-state index contributed by atoms with van der Waals surface area (Å²) in [6.07, 6.45) is 10.6. The summed E-state index contributed by atoms with van der Waals surface area (Å²) in [6.45, 7) is 1.82. The summed E-state index contributed by atoms with van der Waals surface area (Å²) >= 11 is 4.54. The fraction of sp³-hybridized carbons (Fsp3) is 0.214. The molecule has 0 radical (unpaired) electrons. The van der Waals surface area contributed by atoms with E-state index in [2.05, 4.69) is 34.2 Å². The molecule has 2 nitrogen and oxygen atoms in total. The van der Waals surface area contributed by atoms with E-state index in [4.69, 9.17) is 12.8 Å². The van der Waals surface area contributed by atoms with Crippen LogP contribution < -0.4 is 0 Å². The van der Waals surface area contributed by atoms with Crippen molar-refractivity contribution in [3.05, 3.63) is 29.8 Å². The zero-order valence-corrected chi connectivity index (χ0v) is 10.2. The lowest BCUT2D eigenvalue weighted by Gasteiger charge is -2.16. The predicted molar refractivity (Wildman–Crippen MR) is 74.1 cm³/mol. The van der Waals surface area contributed by atoms with Crippen molar-refractivity contribution < 1.29 is 0 Å². The van der Waals surface area contributed by atoms with Crippen LogP contribution in [0.4, 0.5) is 5.69 Å². The normalized spacial score (nSPS) is 9.12. The van der Waals surface area contributed by atoms with Gasteiger partial charge < -0.3 is 0 Å². The number of rotatable bonds is 5. The fourth-order valence-corrected chi connectivity index (χ4v) is 1.52. The summed E-state index contributed by atoms with van der Waals surface area (Å²) in [7, 11) is 0. The Morgan fingerprint density at radius 3 is 2.18 bits per heavy atom. The van der Waals surface area contributed by atoms with Crippen LogP contribution >= 0.6 is 12.2 Å². The molecule has 1 rings (SSSR count). The first kappa shape index (κ1) is 13.2. The van der Waals surface area contributed by atoms with Crippen LogP contribution in [0.25, 0.3) is 0 Å². The molecule has 17 heavy (non-hydrogen) atoms. The summed E-state index contributed by atoms with van der Waals surface area (Å²) in [5.74, 6) is 5.19. The third-order valence-corrected chi connectivity index (χ3v) is 2.24. The van der Waals surface area contributed by atoms with Gasteiger partial charge in [0, 0.05) is 6.54 Å². The number of benzene rings is 1. The van der Waals surface area contributed by atoms with Gasteiger partial charge in [0.15, 0.2) is 0 Å². The van der Waals surface area contributed by atoms with Crippen molar-refractivity contribution in [3.63, 3.8) is 0 Å². The maximum absolute atomic E-state index is 5.28. The summed E-state index contributed by atoms with van der Waals surface area (Å²) in [6, 6.07) is 7.73. The maximum Gasteiger partial charge on any atom is 0.0739 e. The van der Waals surface area contributed by atoms with E-state index in [1.165, 1.54) is 0 Å². The first-order valence-electron chi connectivity index (χ1n) is 5.06. The highest BCUT2D eigenvalue weighted by Crippen LogP contribution is 2.13. The zero-order valence-electron chi connectivity index (χ0n) is 9.39. The van der Waals surface area contributed by atoms with Crippen LogP contribution in [-0.2, 0) is 6.54 Å². The fourth-order valence-electron chi connectivity index (χ4n) is 1.41. The lowest BCUT2D eigenvalue weighted by Crippen LogP contribution is -2.23. The summed E-state index contributed by atoms with van der Waals surface area (Å²) in [5, 5.41) is 2.33. The largest absolute Gasteiger partial charge is 0.277 e. The van der Waals surface area contributed by atoms with E-state index in [1.54, 1.807) is 0 Å². The van der Waals surface area contributed by atoms with E-state index in [9.17, 15) is 0 Å². The molecule has 0 fully saturated rings. The van der Waals surface area contributed by atoms with Gasteiger partial charge >= 0.3 is 0 Å². The van der Waals surface area contributed by atoms with Crippen molar-refractivity contribution in [2.75, 3.05) is 13.1 Å². The van der Waals surface area contributed by atoms with Crippen LogP contribution in [0, 0.1) is 24.7 Å². The van der Waals surface area contributed by atoms with E-state index < -0.39 is 0 Å². The van der Waals surface area contributed by atoms with Crippen LogP contribution in [0.3, 0.4) is 0 Å². The minimum atomic E-state index is 0.546. The Labute approximate surface area is 107 Å². The number of terminal acetylenes is 2. The van der Waals surface area contributed by atoms with Gasteiger partial charge in [0.2, 0.25) is 0 Å². The Kier molecular flexibility index (Phi) is 5.72. The van der Waals surface area contributed by atoms with Crippen LogP contribution in [0.2, 0.25) is 0 Å². The van der Waals surface area contributed by atoms with E-state index in [0.29, 0.717) is 13.1 Å². The quantitative estimate of drug-likeness (QED) is 0.446. The molecule has 0 N–H and O–H groups in total. The first-order chi connectivity index (χ1) is 8.30. The van der Waals surface area contributed by atoms with Gasteiger partial charge in [-0.15, -0.1) is 12.8 Å². The van der Waals surface area contributed by atoms with Gasteiger partial charge in [0.25, 0.3) is 0 Å². The number of hydrogen-bond donors (Lipinski definition) is 0. The van der Waals surface area contributed by atoms with Gasteiger partial charge in [-0.25, -0.2) is 0 Å². The lowest BCUT2D eigenvalue weighted by atomic mass is 10.2. The Bertz CT molecular complexity index is 468. The van der Waals surface area contributed by atoms with Gasteiger partial charge in [-0.1, -0.05) is 24.0 Å². The third kappa shape index (κ3) is 4.64. The van der Waals surface area contributed by atoms with E-state index >= 15 is 0 Å². The Morgan fingerprint density at radius 2 is 1.71 bits per heavy atom. The second-order valence-corrected chi connectivity index (χ2v) is 3.61. The van der Waals surface area contributed by atoms with E-state index in [1.807, 2.05) is 29.2 Å². The van der Waals surface area contributed by atoms with Crippen molar-refractivity contribution in [2.45, 2.75) is 6.54 Å². The molecule has 0 aliphatic heterocycles. The molecular weight excluding hydrogens is 228 g/mol. The van der Waals surface area contributed by atoms with Gasteiger partial charge in [-0.05, 0) is 29.9 Å². The summed E-state index contributed by atoms with van der Waals surface area (Å²) in [4.78, 5) is 5.90. The molecule has 0 saturated heterocycles. The molecule has 1 aromatic carbocycles. The number of nitrogens with zero attached hydrogens (tertiary/aromatic N) is 2. The molecule has 0 bridgehead atoms. The highest BCUT2D eigenvalue weighted by atomic mass is 32.1. The third-order valence-electron chi connectivity index (χ3n) is 2.15. The SMILES string of the molecule is C#CCN(CC#C)Cc1ccc(N=C=S)cc1. The minimum absolute atomic E-state index is 0.546. The molecule has 3 heteroatoms. The lowest BCUT2D eigenvalue weighted by molar-refractivity contribution is 0.338. The standard InChI is InChI=1S/C14H12N2S/c1-3-9-16(10-4-2)11-13-5-7-14(8-6-13)15-12-17/h1-2,5-8H,9-11H2. The Morgan fingerprint density at radius 1 is 1.12 bits per heavy atom. The van der Waals surface area contributed by atoms with Crippen LogP contribution in [0.1, 0.15) is 5.56 Å². The van der Waals surface area contributed by atoms with Crippen molar-refractivity contribution >= 4 is 23.1 Å². The smallest absolute Gasteiger partial charge is 0.0739 e. The van der Waals surface area contributed by atoms with Crippen molar-refractivity contribution in [1.29, 1.82) is 0 Å². The molecule has 0 saturated carbocycles. The van der Waals surface area contributed by atoms with Gasteiger partial charge in [-0.2, -0.15) is 4.99 Å². The van der Waals surface area contributed by atoms with Gasteiger partial charge in [-0.3, -0.25) is 4.90 Å². The number of hydrogen-bond acceptors (Lipinski definition) is 3. The topological polar surface area (TPSA) is 15.6 Å². The molecule has 0 aliphatic carbocycles. The maximum atomic E-state index is 5.28. The molecule has 0 amide bonds. The second-order valence-electron chi connectivity index (χ2n) is 3.42. The Balaban J connectivity index is 2.70. The zero-order chi connectivity index (χ0) is 12.5.